The SMILES string of the molecule is Oc1cc(-c2cccnn2)ccc1-c1cc2c(nn1)N(C1CCC(F)(F)CC1)CCC2. The lowest BCUT2D eigenvalue weighted by molar-refractivity contribution is -0.0382. The maximum Gasteiger partial charge on any atom is 0.248 e. The van der Waals surface area contributed by atoms with E-state index in [-0.39, 0.29) is 24.6 Å². The summed E-state index contributed by atoms with van der Waals surface area (Å²) in [6.07, 6.45) is 4.21. The first kappa shape index (κ1) is 19.8. The van der Waals surface area contributed by atoms with E-state index < -0.39 is 5.92 Å². The number of hydrogen-bond acceptors (Lipinski definition) is 6. The van der Waals surface area contributed by atoms with Gasteiger partial charge in [0.15, 0.2) is 5.82 Å². The van der Waals surface area contributed by atoms with Crippen molar-refractivity contribution in [1.82, 2.24) is 20.4 Å². The van der Waals surface area contributed by atoms with E-state index in [4.69, 9.17) is 0 Å². The molecule has 1 aliphatic heterocycles. The van der Waals surface area contributed by atoms with E-state index in [1.54, 1.807) is 24.4 Å². The van der Waals surface area contributed by atoms with Gasteiger partial charge in [-0.1, -0.05) is 6.07 Å². The monoisotopic (exact) mass is 423 g/mol. The standard InChI is InChI=1S/C23H23F2N5O/c24-23(25)9-7-17(8-10-23)30-12-2-3-16-13-20(28-29-22(16)30)18-6-5-15(14-21(18)31)19-4-1-11-26-27-19/h1,4-6,11,13-14,17,31H,2-3,7-10,12H2. The smallest absolute Gasteiger partial charge is 0.248 e. The maximum absolute atomic E-state index is 13.6. The van der Waals surface area contributed by atoms with Gasteiger partial charge in [-0.25, -0.2) is 8.78 Å². The molecule has 0 bridgehead atoms. The first-order valence-corrected chi connectivity index (χ1v) is 10.6. The molecule has 160 valence electrons. The van der Waals surface area contributed by atoms with Gasteiger partial charge in [0.2, 0.25) is 5.92 Å². The molecule has 0 atom stereocenters. The highest BCUT2D eigenvalue weighted by Gasteiger charge is 2.38. The lowest BCUT2D eigenvalue weighted by atomic mass is 9.89. The van der Waals surface area contributed by atoms with E-state index in [0.717, 1.165) is 36.3 Å². The van der Waals surface area contributed by atoms with Crippen molar-refractivity contribution in [2.75, 3.05) is 11.4 Å². The van der Waals surface area contributed by atoms with E-state index >= 15 is 0 Å². The molecule has 1 N–H and O–H groups in total. The molecule has 1 aromatic carbocycles. The summed E-state index contributed by atoms with van der Waals surface area (Å²) in [5.74, 6) is -1.65. The van der Waals surface area contributed by atoms with Gasteiger partial charge in [0.25, 0.3) is 0 Å². The topological polar surface area (TPSA) is 75.0 Å². The lowest BCUT2D eigenvalue weighted by Crippen LogP contribution is -2.44. The molecule has 0 unspecified atom stereocenters. The molecule has 1 aliphatic carbocycles. The van der Waals surface area contributed by atoms with Crippen molar-refractivity contribution in [3.8, 4) is 28.3 Å². The van der Waals surface area contributed by atoms with Gasteiger partial charge in [0.1, 0.15) is 5.75 Å². The van der Waals surface area contributed by atoms with Crippen LogP contribution in [-0.2, 0) is 6.42 Å². The van der Waals surface area contributed by atoms with Crippen LogP contribution in [0.5, 0.6) is 5.75 Å². The van der Waals surface area contributed by atoms with Gasteiger partial charge < -0.3 is 10.0 Å². The van der Waals surface area contributed by atoms with Crippen molar-refractivity contribution < 1.29 is 13.9 Å². The van der Waals surface area contributed by atoms with Gasteiger partial charge in [0, 0.05) is 42.8 Å². The summed E-state index contributed by atoms with van der Waals surface area (Å²) in [5, 5.41) is 27.4. The second-order valence-corrected chi connectivity index (χ2v) is 8.30. The fraction of sp³-hybridized carbons (Fsp3) is 0.391. The molecule has 0 saturated heterocycles. The molecule has 8 heteroatoms. The quantitative estimate of drug-likeness (QED) is 0.662. The number of rotatable bonds is 3. The average molecular weight is 423 g/mol. The molecule has 5 rings (SSSR count). The van der Waals surface area contributed by atoms with Gasteiger partial charge in [-0.15, -0.1) is 10.2 Å². The molecule has 3 aromatic rings. The number of anilines is 1. The van der Waals surface area contributed by atoms with Crippen LogP contribution in [0.1, 0.15) is 37.7 Å². The van der Waals surface area contributed by atoms with Crippen LogP contribution < -0.4 is 4.90 Å². The lowest BCUT2D eigenvalue weighted by Gasteiger charge is -2.40. The van der Waals surface area contributed by atoms with Gasteiger partial charge in [-0.2, -0.15) is 10.2 Å². The Balaban J connectivity index is 1.41. The van der Waals surface area contributed by atoms with Gasteiger partial charge in [-0.3, -0.25) is 0 Å². The van der Waals surface area contributed by atoms with E-state index in [0.29, 0.717) is 29.8 Å². The molecule has 3 heterocycles. The average Bonchev–Trinajstić information content (AvgIpc) is 2.79. The Morgan fingerprint density at radius 1 is 1.00 bits per heavy atom. The largest absolute Gasteiger partial charge is 0.507 e. The fourth-order valence-electron chi connectivity index (χ4n) is 4.58. The molecular weight excluding hydrogens is 400 g/mol. The molecule has 6 nitrogen and oxygen atoms in total. The number of hydrogen-bond donors (Lipinski definition) is 1. The molecule has 31 heavy (non-hydrogen) atoms. The van der Waals surface area contributed by atoms with Gasteiger partial charge in [0.05, 0.1) is 11.4 Å². The van der Waals surface area contributed by atoms with E-state index in [1.807, 2.05) is 18.2 Å². The number of benzene rings is 1. The number of nitrogens with zero attached hydrogens (tertiary/aromatic N) is 5. The van der Waals surface area contributed by atoms with Crippen LogP contribution in [-0.4, -0.2) is 44.0 Å². The summed E-state index contributed by atoms with van der Waals surface area (Å²) in [6, 6.07) is 11.0. The summed E-state index contributed by atoms with van der Waals surface area (Å²) in [5.41, 5.74) is 3.68. The Morgan fingerprint density at radius 2 is 1.84 bits per heavy atom. The van der Waals surface area contributed by atoms with Crippen LogP contribution >= 0.6 is 0 Å². The van der Waals surface area contributed by atoms with Crippen molar-refractivity contribution in [1.29, 1.82) is 0 Å². The number of halogens is 2. The Labute approximate surface area is 179 Å². The highest BCUT2D eigenvalue weighted by atomic mass is 19.3. The molecular formula is C23H23F2N5O. The summed E-state index contributed by atoms with van der Waals surface area (Å²) in [7, 11) is 0. The Kier molecular flexibility index (Phi) is 5.00. The van der Waals surface area contributed by atoms with Crippen LogP contribution in [0.15, 0.2) is 42.6 Å². The van der Waals surface area contributed by atoms with E-state index in [9.17, 15) is 13.9 Å². The molecule has 2 aliphatic rings. The Morgan fingerprint density at radius 3 is 2.58 bits per heavy atom. The molecule has 0 radical (unpaired) electrons. The summed E-state index contributed by atoms with van der Waals surface area (Å²) >= 11 is 0. The second kappa shape index (κ2) is 7.83. The number of aromatic hydroxyl groups is 1. The van der Waals surface area contributed by atoms with Crippen LogP contribution in [0.25, 0.3) is 22.5 Å². The number of aryl methyl sites for hydroxylation is 1. The Hall–Kier alpha value is -3.16. The van der Waals surface area contributed by atoms with Crippen LogP contribution in [0.4, 0.5) is 14.6 Å². The highest BCUT2D eigenvalue weighted by molar-refractivity contribution is 5.73. The zero-order valence-corrected chi connectivity index (χ0v) is 17.0. The predicted molar refractivity (Wildman–Crippen MR) is 113 cm³/mol. The third-order valence-electron chi connectivity index (χ3n) is 6.24. The van der Waals surface area contributed by atoms with Crippen molar-refractivity contribution >= 4 is 5.82 Å². The minimum absolute atomic E-state index is 0.0684. The number of fused-ring (bicyclic) bond motifs is 1. The third-order valence-corrected chi connectivity index (χ3v) is 6.24. The first-order chi connectivity index (χ1) is 15.0. The van der Waals surface area contributed by atoms with Gasteiger partial charge in [-0.05, 0) is 61.6 Å². The summed E-state index contributed by atoms with van der Waals surface area (Å²) in [6.45, 7) is 0.815. The normalized spacial score (nSPS) is 18.6. The molecule has 1 saturated carbocycles. The van der Waals surface area contributed by atoms with Crippen molar-refractivity contribution in [3.63, 3.8) is 0 Å². The van der Waals surface area contributed by atoms with Crippen LogP contribution in [0.3, 0.4) is 0 Å². The van der Waals surface area contributed by atoms with Crippen LogP contribution in [0, 0.1) is 0 Å². The van der Waals surface area contributed by atoms with Crippen molar-refractivity contribution in [2.45, 2.75) is 50.5 Å². The second-order valence-electron chi connectivity index (χ2n) is 8.30. The zero-order valence-electron chi connectivity index (χ0n) is 17.0. The summed E-state index contributed by atoms with van der Waals surface area (Å²) < 4.78 is 27.2. The van der Waals surface area contributed by atoms with E-state index in [2.05, 4.69) is 25.3 Å². The first-order valence-electron chi connectivity index (χ1n) is 10.6. The minimum atomic E-state index is -2.54. The predicted octanol–water partition coefficient (Wildman–Crippen LogP) is 4.64. The molecule has 0 spiro atoms. The minimum Gasteiger partial charge on any atom is -0.507 e. The fourth-order valence-corrected chi connectivity index (χ4v) is 4.58. The number of aromatic nitrogens is 4. The molecule has 2 aromatic heterocycles. The Bertz CT molecular complexity index is 1080. The summed E-state index contributed by atoms with van der Waals surface area (Å²) in [4.78, 5) is 2.15. The van der Waals surface area contributed by atoms with Crippen LogP contribution in [0.2, 0.25) is 0 Å². The molecule has 0 amide bonds. The maximum atomic E-state index is 13.6. The number of alkyl halides is 2. The van der Waals surface area contributed by atoms with E-state index in [1.165, 1.54) is 0 Å². The molecule has 1 fully saturated rings. The number of phenols is 1. The number of phenolic OH excluding ortho intramolecular Hbond substituents is 1. The van der Waals surface area contributed by atoms with Crippen molar-refractivity contribution in [2.24, 2.45) is 0 Å². The van der Waals surface area contributed by atoms with Gasteiger partial charge >= 0.3 is 0 Å². The van der Waals surface area contributed by atoms with Crippen molar-refractivity contribution in [3.05, 3.63) is 48.2 Å². The third kappa shape index (κ3) is 3.94. The highest BCUT2D eigenvalue weighted by Crippen LogP contribution is 2.39. The zero-order chi connectivity index (χ0) is 21.4.